The first-order valence-electron chi connectivity index (χ1n) is 6.39. The number of hydrogen-bond acceptors (Lipinski definition) is 4. The number of halogens is 2. The second kappa shape index (κ2) is 6.42. The number of nitrogens with zero attached hydrogens (tertiary/aromatic N) is 3. The van der Waals surface area contributed by atoms with Gasteiger partial charge in [0, 0.05) is 25.0 Å². The number of imidazole rings is 1. The summed E-state index contributed by atoms with van der Waals surface area (Å²) in [7, 11) is -2.67. The lowest BCUT2D eigenvalue weighted by atomic mass is 10.2. The minimum Gasteiger partial charge on any atom is -0.366 e. The summed E-state index contributed by atoms with van der Waals surface area (Å²) in [6, 6.07) is 5.02. The Morgan fingerprint density at radius 2 is 1.96 bits per heavy atom. The quantitative estimate of drug-likeness (QED) is 0.851. The zero-order valence-electron chi connectivity index (χ0n) is 12.1. The molecule has 1 aromatic carbocycles. The van der Waals surface area contributed by atoms with Crippen LogP contribution in [0.4, 0.5) is 8.78 Å². The Balaban J connectivity index is 2.24. The summed E-state index contributed by atoms with van der Waals surface area (Å²) in [5.74, 6) is -0.763. The molecule has 0 saturated carbocycles. The van der Waals surface area contributed by atoms with Crippen LogP contribution in [0.2, 0.25) is 0 Å². The van der Waals surface area contributed by atoms with E-state index < -0.39 is 22.5 Å². The number of rotatable bonds is 6. The van der Waals surface area contributed by atoms with Gasteiger partial charge in [-0.2, -0.15) is 13.1 Å². The number of benzene rings is 1. The van der Waals surface area contributed by atoms with Crippen LogP contribution in [-0.4, -0.2) is 35.2 Å². The highest BCUT2D eigenvalue weighted by atomic mass is 32.2. The normalized spacial score (nSPS) is 12.0. The molecule has 1 amide bonds. The fourth-order valence-corrected chi connectivity index (χ4v) is 3.02. The molecule has 124 valence electrons. The Labute approximate surface area is 131 Å². The highest BCUT2D eigenvalue weighted by Gasteiger charge is 2.23. The van der Waals surface area contributed by atoms with Gasteiger partial charge in [-0.1, -0.05) is 0 Å². The predicted octanol–water partition coefficient (Wildman–Crippen LogP) is 1.20. The van der Waals surface area contributed by atoms with E-state index in [0.717, 1.165) is 10.5 Å². The van der Waals surface area contributed by atoms with Crippen LogP contribution in [0.3, 0.4) is 0 Å². The Hall–Kier alpha value is -2.33. The van der Waals surface area contributed by atoms with Crippen LogP contribution in [0.5, 0.6) is 0 Å². The Morgan fingerprint density at radius 1 is 1.35 bits per heavy atom. The van der Waals surface area contributed by atoms with Gasteiger partial charge in [-0.15, -0.1) is 0 Å². The molecule has 0 aliphatic carbocycles. The topological polar surface area (TPSA) is 98.3 Å². The van der Waals surface area contributed by atoms with Crippen molar-refractivity contribution in [2.24, 2.45) is 5.73 Å². The maximum atomic E-state index is 12.8. The van der Waals surface area contributed by atoms with Crippen LogP contribution in [0, 0.1) is 0 Å². The number of nitrogens with two attached hydrogens (primary N) is 1. The highest BCUT2D eigenvalue weighted by molar-refractivity contribution is 7.89. The van der Waals surface area contributed by atoms with Gasteiger partial charge in [0.2, 0.25) is 15.9 Å². The number of carbonyl (C=O) groups is 1. The summed E-state index contributed by atoms with van der Waals surface area (Å²) < 4.78 is 51.8. The first-order valence-corrected chi connectivity index (χ1v) is 7.83. The lowest BCUT2D eigenvalue weighted by Gasteiger charge is -2.17. The molecule has 0 saturated heterocycles. The largest absolute Gasteiger partial charge is 0.366 e. The van der Waals surface area contributed by atoms with Crippen LogP contribution in [-0.2, 0) is 16.6 Å². The summed E-state index contributed by atoms with van der Waals surface area (Å²) in [6.07, 6.45) is 2.24. The standard InChI is InChI=1S/C13H14F2N4O3S/c1-18(8-11-17-6-7-19(11)13(14)15)23(21,22)10-4-2-9(3-5-10)12(16)20/h2-7,13H,8H2,1H3,(H2,16,20). The van der Waals surface area contributed by atoms with Crippen LogP contribution >= 0.6 is 0 Å². The minimum absolute atomic E-state index is 0.0832. The molecule has 10 heteroatoms. The second-order valence-corrected chi connectivity index (χ2v) is 6.72. The number of hydrogen-bond donors (Lipinski definition) is 1. The van der Waals surface area contributed by atoms with Crippen molar-refractivity contribution in [3.05, 3.63) is 48.0 Å². The average Bonchev–Trinajstić information content (AvgIpc) is 2.95. The third kappa shape index (κ3) is 3.54. The fourth-order valence-electron chi connectivity index (χ4n) is 1.90. The smallest absolute Gasteiger partial charge is 0.319 e. The van der Waals surface area contributed by atoms with Crippen molar-refractivity contribution in [2.75, 3.05) is 7.05 Å². The van der Waals surface area contributed by atoms with Crippen LogP contribution < -0.4 is 5.73 Å². The minimum atomic E-state index is -3.92. The Bertz CT molecular complexity index is 803. The molecule has 2 rings (SSSR count). The van der Waals surface area contributed by atoms with Gasteiger partial charge < -0.3 is 5.73 Å². The van der Waals surface area contributed by atoms with E-state index in [2.05, 4.69) is 4.98 Å². The van der Waals surface area contributed by atoms with E-state index in [1.807, 2.05) is 0 Å². The van der Waals surface area contributed by atoms with Crippen molar-refractivity contribution in [1.29, 1.82) is 0 Å². The Kier molecular flexibility index (Phi) is 4.76. The molecule has 0 bridgehead atoms. The van der Waals surface area contributed by atoms with Crippen LogP contribution in [0.1, 0.15) is 22.7 Å². The molecule has 23 heavy (non-hydrogen) atoms. The molecule has 0 unspecified atom stereocenters. The molecule has 0 atom stereocenters. The van der Waals surface area contributed by atoms with Crippen LogP contribution in [0.15, 0.2) is 41.6 Å². The molecule has 0 spiro atoms. The van der Waals surface area contributed by atoms with E-state index in [4.69, 9.17) is 5.73 Å². The molecule has 1 heterocycles. The average molecular weight is 344 g/mol. The van der Waals surface area contributed by atoms with Gasteiger partial charge in [-0.25, -0.2) is 13.4 Å². The zero-order chi connectivity index (χ0) is 17.2. The van der Waals surface area contributed by atoms with Crippen molar-refractivity contribution in [1.82, 2.24) is 13.9 Å². The van der Waals surface area contributed by atoms with E-state index in [1.54, 1.807) is 0 Å². The summed E-state index contributed by atoms with van der Waals surface area (Å²) in [6.45, 7) is -3.13. The van der Waals surface area contributed by atoms with Gasteiger partial charge in [0.25, 0.3) is 0 Å². The number of aromatic nitrogens is 2. The fraction of sp³-hybridized carbons (Fsp3) is 0.231. The van der Waals surface area contributed by atoms with E-state index in [-0.39, 0.29) is 22.8 Å². The van der Waals surface area contributed by atoms with Gasteiger partial charge >= 0.3 is 6.55 Å². The number of sulfonamides is 1. The number of amides is 1. The number of primary amides is 1. The third-order valence-electron chi connectivity index (χ3n) is 3.17. The molecule has 0 aliphatic heterocycles. The van der Waals surface area contributed by atoms with E-state index >= 15 is 0 Å². The maximum absolute atomic E-state index is 12.8. The van der Waals surface area contributed by atoms with Gasteiger partial charge in [0.15, 0.2) is 0 Å². The highest BCUT2D eigenvalue weighted by Crippen LogP contribution is 2.19. The summed E-state index contributed by atoms with van der Waals surface area (Å²) in [5, 5.41) is 0. The molecular formula is C13H14F2N4O3S. The van der Waals surface area contributed by atoms with Crippen molar-refractivity contribution in [3.8, 4) is 0 Å². The summed E-state index contributed by atoms with van der Waals surface area (Å²) in [4.78, 5) is 14.6. The molecular weight excluding hydrogens is 330 g/mol. The van der Waals surface area contributed by atoms with Crippen LogP contribution in [0.25, 0.3) is 0 Å². The lowest BCUT2D eigenvalue weighted by Crippen LogP contribution is -2.28. The second-order valence-electron chi connectivity index (χ2n) is 4.68. The van der Waals surface area contributed by atoms with E-state index in [1.165, 1.54) is 37.5 Å². The monoisotopic (exact) mass is 344 g/mol. The van der Waals surface area contributed by atoms with Gasteiger partial charge in [-0.05, 0) is 24.3 Å². The molecule has 2 N–H and O–H groups in total. The molecule has 7 nitrogen and oxygen atoms in total. The van der Waals surface area contributed by atoms with Crippen molar-refractivity contribution in [2.45, 2.75) is 18.0 Å². The lowest BCUT2D eigenvalue weighted by molar-refractivity contribution is 0.0658. The van der Waals surface area contributed by atoms with Gasteiger partial charge in [-0.3, -0.25) is 9.36 Å². The molecule has 0 fully saturated rings. The zero-order valence-corrected chi connectivity index (χ0v) is 12.9. The van der Waals surface area contributed by atoms with Gasteiger partial charge in [0.1, 0.15) is 5.82 Å². The molecule has 2 aromatic rings. The number of alkyl halides is 2. The maximum Gasteiger partial charge on any atom is 0.319 e. The first-order chi connectivity index (χ1) is 10.7. The predicted molar refractivity (Wildman–Crippen MR) is 77.1 cm³/mol. The third-order valence-corrected chi connectivity index (χ3v) is 4.99. The van der Waals surface area contributed by atoms with Crippen molar-refractivity contribution >= 4 is 15.9 Å². The van der Waals surface area contributed by atoms with E-state index in [9.17, 15) is 22.0 Å². The van der Waals surface area contributed by atoms with Crippen molar-refractivity contribution in [3.63, 3.8) is 0 Å². The molecule has 0 aliphatic rings. The molecule has 0 radical (unpaired) electrons. The summed E-state index contributed by atoms with van der Waals surface area (Å²) >= 11 is 0. The number of carbonyl (C=O) groups excluding carboxylic acids is 1. The Morgan fingerprint density at radius 3 is 2.48 bits per heavy atom. The van der Waals surface area contributed by atoms with Crippen molar-refractivity contribution < 1.29 is 22.0 Å². The first kappa shape index (κ1) is 17.0. The summed E-state index contributed by atoms with van der Waals surface area (Å²) in [5.41, 5.74) is 5.25. The van der Waals surface area contributed by atoms with Gasteiger partial charge in [0.05, 0.1) is 11.4 Å². The molecule has 1 aromatic heterocycles. The SMILES string of the molecule is CN(Cc1nccn1C(F)F)S(=O)(=O)c1ccc(C(N)=O)cc1. The van der Waals surface area contributed by atoms with E-state index in [0.29, 0.717) is 4.57 Å².